The summed E-state index contributed by atoms with van der Waals surface area (Å²) in [5.41, 5.74) is 2.36. The number of non-ortho nitro benzene ring substituents is 1. The van der Waals surface area contributed by atoms with Crippen molar-refractivity contribution in [1.82, 2.24) is 0 Å². The zero-order valence-corrected chi connectivity index (χ0v) is 13.8. The van der Waals surface area contributed by atoms with Gasteiger partial charge in [0.05, 0.1) is 4.92 Å². The van der Waals surface area contributed by atoms with Gasteiger partial charge in [0.25, 0.3) is 5.69 Å². The van der Waals surface area contributed by atoms with E-state index < -0.39 is 4.92 Å². The molecule has 0 heterocycles. The Morgan fingerprint density at radius 2 is 1.76 bits per heavy atom. The fraction of sp³-hybridized carbons (Fsp3) is 0.133. The highest BCUT2D eigenvalue weighted by Gasteiger charge is 2.06. The molecule has 0 saturated heterocycles. The Morgan fingerprint density at radius 3 is 2.33 bits per heavy atom. The van der Waals surface area contributed by atoms with Crippen molar-refractivity contribution in [3.63, 3.8) is 0 Å². The molecule has 0 aromatic heterocycles. The van der Waals surface area contributed by atoms with Gasteiger partial charge in [0, 0.05) is 22.8 Å². The van der Waals surface area contributed by atoms with Crippen molar-refractivity contribution in [2.75, 3.05) is 0 Å². The molecule has 0 radical (unpaired) electrons. The third-order valence-electron chi connectivity index (χ3n) is 2.73. The van der Waals surface area contributed by atoms with E-state index in [0.29, 0.717) is 0 Å². The van der Waals surface area contributed by atoms with E-state index in [1.807, 2.05) is 0 Å². The number of nitrogens with zero attached hydrogens (tertiary/aromatic N) is 1. The molecule has 0 bridgehead atoms. The third kappa shape index (κ3) is 5.15. The van der Waals surface area contributed by atoms with Crippen molar-refractivity contribution >= 4 is 45.0 Å². The number of hydrogen-bond acceptors (Lipinski definition) is 5. The molecular formula is C15H13NO2S3. The van der Waals surface area contributed by atoms with E-state index in [2.05, 4.69) is 31.2 Å². The summed E-state index contributed by atoms with van der Waals surface area (Å²) in [5.74, 6) is 0.718. The first kappa shape index (κ1) is 16.0. The second kappa shape index (κ2) is 7.59. The van der Waals surface area contributed by atoms with Crippen LogP contribution in [0.3, 0.4) is 0 Å². The Hall–Kier alpha value is -1.37. The monoisotopic (exact) mass is 335 g/mol. The summed E-state index contributed by atoms with van der Waals surface area (Å²) in [5, 5.41) is 10.6. The molecule has 0 saturated carbocycles. The molecular weight excluding hydrogens is 322 g/mol. The van der Waals surface area contributed by atoms with Crippen LogP contribution in [-0.2, 0) is 5.75 Å². The average Bonchev–Trinajstić information content (AvgIpc) is 2.48. The van der Waals surface area contributed by atoms with Crippen LogP contribution >= 0.6 is 35.7 Å². The van der Waals surface area contributed by atoms with Gasteiger partial charge in [-0.1, -0.05) is 53.8 Å². The fourth-order valence-corrected chi connectivity index (χ4v) is 3.70. The normalized spacial score (nSPS) is 10.3. The number of aryl methyl sites for hydroxylation is 1. The number of nitro groups is 1. The number of benzene rings is 2. The second-order valence-corrected chi connectivity index (χ2v) is 7.63. The average molecular weight is 335 g/mol. The third-order valence-corrected chi connectivity index (χ3v) is 5.32. The Balaban J connectivity index is 1.86. The summed E-state index contributed by atoms with van der Waals surface area (Å²) >= 11 is 8.49. The molecule has 0 aliphatic heterocycles. The van der Waals surface area contributed by atoms with E-state index in [4.69, 9.17) is 12.2 Å². The van der Waals surface area contributed by atoms with E-state index in [1.165, 1.54) is 17.7 Å². The summed E-state index contributed by atoms with van der Waals surface area (Å²) in [6.07, 6.45) is 0. The van der Waals surface area contributed by atoms with Gasteiger partial charge < -0.3 is 0 Å². The summed E-state index contributed by atoms with van der Waals surface area (Å²) in [6.45, 7) is 2.05. The van der Waals surface area contributed by atoms with E-state index in [1.54, 1.807) is 35.7 Å². The second-order valence-electron chi connectivity index (χ2n) is 4.38. The van der Waals surface area contributed by atoms with Gasteiger partial charge in [-0.15, -0.1) is 11.8 Å². The van der Waals surface area contributed by atoms with E-state index in [9.17, 15) is 10.1 Å². The van der Waals surface area contributed by atoms with E-state index >= 15 is 0 Å². The number of thioether (sulfide) groups is 2. The molecule has 0 aliphatic carbocycles. The Morgan fingerprint density at radius 1 is 1.14 bits per heavy atom. The van der Waals surface area contributed by atoms with Crippen LogP contribution in [0.5, 0.6) is 0 Å². The molecule has 6 heteroatoms. The summed E-state index contributed by atoms with van der Waals surface area (Å²) < 4.78 is 0.845. The summed E-state index contributed by atoms with van der Waals surface area (Å²) in [6, 6.07) is 14.8. The number of rotatable bonds is 4. The van der Waals surface area contributed by atoms with Gasteiger partial charge in [-0.05, 0) is 24.6 Å². The number of thiocarbonyl (C=S) groups is 1. The lowest BCUT2D eigenvalue weighted by atomic mass is 10.2. The van der Waals surface area contributed by atoms with Gasteiger partial charge in [0.2, 0.25) is 0 Å². The van der Waals surface area contributed by atoms with Crippen molar-refractivity contribution in [2.45, 2.75) is 17.6 Å². The van der Waals surface area contributed by atoms with Crippen molar-refractivity contribution in [3.05, 3.63) is 69.8 Å². The first-order chi connectivity index (χ1) is 10.0. The first-order valence-corrected chi connectivity index (χ1v) is 8.40. The van der Waals surface area contributed by atoms with Crippen molar-refractivity contribution in [1.29, 1.82) is 0 Å². The van der Waals surface area contributed by atoms with Crippen molar-refractivity contribution in [2.24, 2.45) is 0 Å². The zero-order chi connectivity index (χ0) is 15.2. The Bertz CT molecular complexity index is 639. The molecule has 108 valence electrons. The van der Waals surface area contributed by atoms with Crippen LogP contribution in [-0.4, -0.2) is 8.45 Å². The molecule has 0 spiro atoms. The van der Waals surface area contributed by atoms with Crippen LogP contribution < -0.4 is 0 Å². The minimum atomic E-state index is -0.394. The maximum atomic E-state index is 10.6. The summed E-state index contributed by atoms with van der Waals surface area (Å²) in [7, 11) is 0. The predicted molar refractivity (Wildman–Crippen MR) is 94.0 cm³/mol. The molecule has 21 heavy (non-hydrogen) atoms. The highest BCUT2D eigenvalue weighted by atomic mass is 32.2. The lowest BCUT2D eigenvalue weighted by molar-refractivity contribution is -0.384. The van der Waals surface area contributed by atoms with Gasteiger partial charge in [-0.25, -0.2) is 0 Å². The maximum absolute atomic E-state index is 10.6. The first-order valence-electron chi connectivity index (χ1n) is 6.19. The quantitative estimate of drug-likeness (QED) is 0.332. The van der Waals surface area contributed by atoms with Gasteiger partial charge in [0.15, 0.2) is 0 Å². The lowest BCUT2D eigenvalue weighted by Gasteiger charge is -2.04. The molecule has 2 rings (SSSR count). The lowest BCUT2D eigenvalue weighted by Crippen LogP contribution is -1.89. The number of nitro benzene ring substituents is 1. The van der Waals surface area contributed by atoms with E-state index in [0.717, 1.165) is 19.7 Å². The minimum Gasteiger partial charge on any atom is -0.258 e. The maximum Gasteiger partial charge on any atom is 0.269 e. The molecule has 3 nitrogen and oxygen atoms in total. The van der Waals surface area contributed by atoms with Crippen molar-refractivity contribution < 1.29 is 4.92 Å². The van der Waals surface area contributed by atoms with Crippen LogP contribution in [0.15, 0.2) is 53.4 Å². The zero-order valence-electron chi connectivity index (χ0n) is 11.3. The van der Waals surface area contributed by atoms with Gasteiger partial charge in [-0.3, -0.25) is 10.1 Å². The molecule has 0 N–H and O–H groups in total. The SMILES string of the molecule is Cc1ccc(SC(=S)SCc2ccc([N+](=O)[O-])cc2)cc1. The standard InChI is InChI=1S/C15H13NO2S3/c1-11-2-8-14(9-3-11)21-15(19)20-10-12-4-6-13(7-5-12)16(17)18/h2-9H,10H2,1H3. The van der Waals surface area contributed by atoms with Crippen molar-refractivity contribution in [3.8, 4) is 0 Å². The number of hydrogen-bond donors (Lipinski definition) is 0. The van der Waals surface area contributed by atoms with Crippen LogP contribution in [0.1, 0.15) is 11.1 Å². The van der Waals surface area contributed by atoms with Crippen LogP contribution in [0.4, 0.5) is 5.69 Å². The summed E-state index contributed by atoms with van der Waals surface area (Å²) in [4.78, 5) is 11.3. The molecule has 0 amide bonds. The largest absolute Gasteiger partial charge is 0.269 e. The molecule has 2 aromatic carbocycles. The molecule has 0 unspecified atom stereocenters. The smallest absolute Gasteiger partial charge is 0.258 e. The van der Waals surface area contributed by atoms with Gasteiger partial charge in [-0.2, -0.15) is 0 Å². The van der Waals surface area contributed by atoms with Crippen LogP contribution in [0.2, 0.25) is 0 Å². The van der Waals surface area contributed by atoms with Gasteiger partial charge >= 0.3 is 0 Å². The van der Waals surface area contributed by atoms with Gasteiger partial charge in [0.1, 0.15) is 3.53 Å². The highest BCUT2D eigenvalue weighted by molar-refractivity contribution is 8.46. The molecule has 2 aromatic rings. The Kier molecular flexibility index (Phi) is 5.78. The predicted octanol–water partition coefficient (Wildman–Crippen LogP) is 5.21. The Labute approximate surface area is 137 Å². The molecule has 0 atom stereocenters. The van der Waals surface area contributed by atoms with Crippen LogP contribution in [0, 0.1) is 17.0 Å². The topological polar surface area (TPSA) is 43.1 Å². The molecule has 0 fully saturated rings. The van der Waals surface area contributed by atoms with Crippen LogP contribution in [0.25, 0.3) is 0 Å². The van der Waals surface area contributed by atoms with E-state index in [-0.39, 0.29) is 5.69 Å². The highest BCUT2D eigenvalue weighted by Crippen LogP contribution is 2.28. The fourth-order valence-electron chi connectivity index (χ4n) is 1.59. The minimum absolute atomic E-state index is 0.111. The molecule has 0 aliphatic rings.